The van der Waals surface area contributed by atoms with Gasteiger partial charge in [-0.2, -0.15) is 13.5 Å². The number of hydrogen-bond acceptors (Lipinski definition) is 7. The number of aromatic nitrogens is 2. The van der Waals surface area contributed by atoms with Crippen molar-refractivity contribution in [3.8, 4) is 5.75 Å². The second-order valence-corrected chi connectivity index (χ2v) is 13.6. The van der Waals surface area contributed by atoms with E-state index < -0.39 is 45.3 Å². The van der Waals surface area contributed by atoms with Crippen molar-refractivity contribution in [2.75, 3.05) is 12.8 Å². The third-order valence-corrected chi connectivity index (χ3v) is 9.09. The molecule has 0 bridgehead atoms. The fourth-order valence-corrected chi connectivity index (χ4v) is 6.99. The number of ether oxygens (including phenoxy) is 1. The maximum atomic E-state index is 15.5. The number of carbonyl (C=O) groups excluding carboxylic acids is 1. The Morgan fingerprint density at radius 3 is 2.16 bits per heavy atom. The molecule has 6 rings (SSSR count). The molecule has 1 aromatic heterocycles. The van der Waals surface area contributed by atoms with Gasteiger partial charge in [0.15, 0.2) is 11.4 Å². The van der Waals surface area contributed by atoms with Gasteiger partial charge in [0.05, 0.1) is 25.0 Å². The van der Waals surface area contributed by atoms with Gasteiger partial charge >= 0.3 is 0 Å². The fourth-order valence-electron chi connectivity index (χ4n) is 6.34. The van der Waals surface area contributed by atoms with Crippen LogP contribution in [0, 0.1) is 5.82 Å². The third-order valence-electron chi connectivity index (χ3n) is 8.51. The van der Waals surface area contributed by atoms with Crippen LogP contribution in [-0.2, 0) is 27.5 Å². The molecule has 0 N–H and O–H groups in total. The van der Waals surface area contributed by atoms with Gasteiger partial charge in [0.2, 0.25) is 0 Å². The molecule has 5 aromatic rings. The molecule has 1 saturated heterocycles. The maximum absolute atomic E-state index is 15.5. The van der Waals surface area contributed by atoms with Crippen molar-refractivity contribution < 1.29 is 26.5 Å². The van der Waals surface area contributed by atoms with E-state index in [0.717, 1.165) is 17.4 Å². The molecule has 252 valence electrons. The molecular formula is C38H36FN3O6S. The fraction of sp³-hybridized carbons (Fsp3) is 0.237. The molecule has 4 aromatic carbocycles. The number of rotatable bonds is 12. The van der Waals surface area contributed by atoms with Gasteiger partial charge in [-0.3, -0.25) is 18.5 Å². The Bertz CT molecular complexity index is 2060. The van der Waals surface area contributed by atoms with Crippen LogP contribution in [0.4, 0.5) is 4.39 Å². The van der Waals surface area contributed by atoms with Crippen molar-refractivity contribution in [2.45, 2.75) is 44.1 Å². The molecule has 0 saturated carbocycles. The minimum Gasteiger partial charge on any atom is -0.483 e. The number of carbonyl (C=O) groups is 1. The van der Waals surface area contributed by atoms with Crippen molar-refractivity contribution in [1.82, 2.24) is 14.7 Å². The van der Waals surface area contributed by atoms with Crippen molar-refractivity contribution in [1.29, 1.82) is 0 Å². The van der Waals surface area contributed by atoms with E-state index >= 15 is 4.39 Å². The Balaban J connectivity index is 1.41. The number of likely N-dealkylation sites (tertiary alicyclic amines) is 1. The van der Waals surface area contributed by atoms with Crippen molar-refractivity contribution in [3.05, 3.63) is 165 Å². The van der Waals surface area contributed by atoms with Crippen molar-refractivity contribution in [3.63, 3.8) is 0 Å². The Morgan fingerprint density at radius 2 is 1.51 bits per heavy atom. The average molecular weight is 682 g/mol. The van der Waals surface area contributed by atoms with Gasteiger partial charge in [-0.1, -0.05) is 109 Å². The summed E-state index contributed by atoms with van der Waals surface area (Å²) in [6.07, 6.45) is 2.05. The minimum absolute atomic E-state index is 0.0497. The third kappa shape index (κ3) is 8.13. The Morgan fingerprint density at radius 1 is 0.898 bits per heavy atom. The first kappa shape index (κ1) is 33.8. The second-order valence-electron chi connectivity index (χ2n) is 12.0. The lowest BCUT2D eigenvalue weighted by Gasteiger charge is -2.36. The molecule has 1 amide bonds. The SMILES string of the molecule is CS(=O)(=O)O[C@H]([C@H](c1ccccc1)c1ccccc1F)[C@H]1CCCN1C(=O)c1nn(Cc2ccccc2)cc(OCc2ccccc2)c1=O. The largest absolute Gasteiger partial charge is 0.483 e. The van der Waals surface area contributed by atoms with Crippen molar-refractivity contribution >= 4 is 16.0 Å². The lowest BCUT2D eigenvalue weighted by Crippen LogP contribution is -2.48. The van der Waals surface area contributed by atoms with Crippen LogP contribution in [0.2, 0.25) is 0 Å². The van der Waals surface area contributed by atoms with E-state index in [-0.39, 0.29) is 36.7 Å². The van der Waals surface area contributed by atoms with E-state index in [4.69, 9.17) is 8.92 Å². The molecule has 11 heteroatoms. The zero-order valence-electron chi connectivity index (χ0n) is 26.9. The predicted octanol–water partition coefficient (Wildman–Crippen LogP) is 5.79. The Labute approximate surface area is 284 Å². The molecule has 0 unspecified atom stereocenters. The summed E-state index contributed by atoms with van der Waals surface area (Å²) in [5, 5.41) is 4.49. The molecular weight excluding hydrogens is 645 g/mol. The molecule has 3 atom stereocenters. The number of nitrogens with zero attached hydrogens (tertiary/aromatic N) is 3. The number of hydrogen-bond donors (Lipinski definition) is 0. The number of benzene rings is 4. The Kier molecular flexibility index (Phi) is 10.3. The first-order chi connectivity index (χ1) is 23.7. The standard InChI is InChI=1S/C38H36FN3O6S/c1-49(45,46)48-37(34(29-18-9-4-10-19-29)30-20-11-12-21-31(30)39)32-22-13-23-42(32)38(44)35-36(43)33(47-26-28-16-7-3-8-17-28)25-41(40-35)24-27-14-5-2-6-15-27/h2-12,14-21,25,32,34,37H,13,22-24,26H2,1H3/t32-,34-,37+/m1/s1. The van der Waals surface area contributed by atoms with Gasteiger partial charge in [-0.05, 0) is 41.2 Å². The summed E-state index contributed by atoms with van der Waals surface area (Å²) in [5.41, 5.74) is 1.50. The van der Waals surface area contributed by atoms with Gasteiger partial charge in [-0.25, -0.2) is 4.39 Å². The van der Waals surface area contributed by atoms with Crippen LogP contribution in [0.1, 0.15) is 51.5 Å². The van der Waals surface area contributed by atoms with Crippen LogP contribution in [0.5, 0.6) is 5.75 Å². The molecule has 1 aliphatic rings. The van der Waals surface area contributed by atoms with E-state index in [0.29, 0.717) is 18.4 Å². The Hall–Kier alpha value is -5.13. The van der Waals surface area contributed by atoms with Crippen LogP contribution < -0.4 is 10.2 Å². The molecule has 0 radical (unpaired) electrons. The normalized spacial score (nSPS) is 15.9. The molecule has 2 heterocycles. The predicted molar refractivity (Wildman–Crippen MR) is 183 cm³/mol. The maximum Gasteiger partial charge on any atom is 0.278 e. The highest BCUT2D eigenvalue weighted by Gasteiger charge is 2.44. The number of halogens is 1. The van der Waals surface area contributed by atoms with Crippen molar-refractivity contribution in [2.24, 2.45) is 0 Å². The lowest BCUT2D eigenvalue weighted by molar-refractivity contribution is 0.0524. The first-order valence-corrected chi connectivity index (χ1v) is 17.8. The summed E-state index contributed by atoms with van der Waals surface area (Å²) in [6, 6.07) is 33.0. The van der Waals surface area contributed by atoms with E-state index in [1.54, 1.807) is 48.5 Å². The first-order valence-electron chi connectivity index (χ1n) is 16.0. The molecule has 1 aliphatic heterocycles. The van der Waals surface area contributed by atoms with Gasteiger partial charge < -0.3 is 9.64 Å². The summed E-state index contributed by atoms with van der Waals surface area (Å²) >= 11 is 0. The summed E-state index contributed by atoms with van der Waals surface area (Å²) in [7, 11) is -4.10. The summed E-state index contributed by atoms with van der Waals surface area (Å²) in [5.74, 6) is -2.19. The minimum atomic E-state index is -4.10. The lowest BCUT2D eigenvalue weighted by atomic mass is 9.82. The summed E-state index contributed by atoms with van der Waals surface area (Å²) in [4.78, 5) is 29.8. The average Bonchev–Trinajstić information content (AvgIpc) is 3.59. The second kappa shape index (κ2) is 15.0. The van der Waals surface area contributed by atoms with Gasteiger partial charge in [-0.15, -0.1) is 0 Å². The highest BCUT2D eigenvalue weighted by molar-refractivity contribution is 7.86. The van der Waals surface area contributed by atoms with E-state index in [1.807, 2.05) is 60.7 Å². The van der Waals surface area contributed by atoms with Crippen LogP contribution in [0.3, 0.4) is 0 Å². The monoisotopic (exact) mass is 681 g/mol. The van der Waals surface area contributed by atoms with E-state index in [1.165, 1.54) is 21.8 Å². The highest BCUT2D eigenvalue weighted by atomic mass is 32.2. The summed E-state index contributed by atoms with van der Waals surface area (Å²) in [6.45, 7) is 0.563. The van der Waals surface area contributed by atoms with Crippen LogP contribution in [0.25, 0.3) is 0 Å². The highest BCUT2D eigenvalue weighted by Crippen LogP contribution is 2.38. The van der Waals surface area contributed by atoms with Crippen LogP contribution in [-0.4, -0.2) is 54.0 Å². The smallest absolute Gasteiger partial charge is 0.278 e. The number of amides is 1. The van der Waals surface area contributed by atoms with Gasteiger partial charge in [0, 0.05) is 12.5 Å². The quantitative estimate of drug-likeness (QED) is 0.154. The molecule has 0 spiro atoms. The molecule has 1 fully saturated rings. The zero-order valence-corrected chi connectivity index (χ0v) is 27.7. The molecule has 49 heavy (non-hydrogen) atoms. The van der Waals surface area contributed by atoms with Crippen LogP contribution >= 0.6 is 0 Å². The molecule has 0 aliphatic carbocycles. The molecule has 9 nitrogen and oxygen atoms in total. The van der Waals surface area contributed by atoms with Gasteiger partial charge in [0.1, 0.15) is 18.5 Å². The topological polar surface area (TPSA) is 108 Å². The van der Waals surface area contributed by atoms with Crippen LogP contribution in [0.15, 0.2) is 126 Å². The van der Waals surface area contributed by atoms with E-state index in [2.05, 4.69) is 5.10 Å². The summed E-state index contributed by atoms with van der Waals surface area (Å²) < 4.78 is 54.3. The van der Waals surface area contributed by atoms with Gasteiger partial charge in [0.25, 0.3) is 21.5 Å². The zero-order chi connectivity index (χ0) is 34.4. The van der Waals surface area contributed by atoms with E-state index in [9.17, 15) is 18.0 Å².